The van der Waals surface area contributed by atoms with E-state index in [0.29, 0.717) is 18.4 Å². The van der Waals surface area contributed by atoms with Crippen molar-refractivity contribution in [1.29, 1.82) is 5.26 Å². The number of hydrogen-bond donors (Lipinski definition) is 0. The number of halogens is 3. The molecule has 0 bridgehead atoms. The minimum atomic E-state index is -4.37. The fraction of sp³-hybridized carbons (Fsp3) is 0.308. The molecule has 0 saturated carbocycles. The molecule has 1 aromatic rings. The number of hydrogen-bond acceptors (Lipinski definition) is 2. The van der Waals surface area contributed by atoms with Crippen molar-refractivity contribution in [2.45, 2.75) is 25.4 Å². The fourth-order valence-electron chi connectivity index (χ4n) is 1.57. The molecule has 0 atom stereocenters. The maximum atomic E-state index is 12.3. The molecule has 0 N–H and O–H groups in total. The number of aryl methyl sites for hydroxylation is 1. The monoisotopic (exact) mass is 281 g/mol. The van der Waals surface area contributed by atoms with Crippen LogP contribution in [0, 0.1) is 11.3 Å². The topological polar surface area (TPSA) is 77.3 Å². The Morgan fingerprint density at radius 1 is 1.30 bits per heavy atom. The van der Waals surface area contributed by atoms with E-state index in [4.69, 9.17) is 10.8 Å². The maximum Gasteiger partial charge on any atom is 0.433 e. The van der Waals surface area contributed by atoms with Crippen molar-refractivity contribution in [2.75, 3.05) is 0 Å². The van der Waals surface area contributed by atoms with Gasteiger partial charge in [0.15, 0.2) is 6.07 Å². The number of Topliss-reactive ketones (excluding diaryl/α,β-unsaturated/α-hetero) is 1. The highest BCUT2D eigenvalue weighted by molar-refractivity contribution is 6.43. The van der Waals surface area contributed by atoms with Gasteiger partial charge in [-0.05, 0) is 30.5 Å². The highest BCUT2D eigenvalue weighted by Crippen LogP contribution is 2.29. The Bertz CT molecular complexity index is 578. The van der Waals surface area contributed by atoms with Crippen LogP contribution in [0.15, 0.2) is 24.3 Å². The van der Waals surface area contributed by atoms with Gasteiger partial charge in [-0.3, -0.25) is 4.79 Å². The zero-order valence-corrected chi connectivity index (χ0v) is 10.3. The first-order valence-corrected chi connectivity index (χ1v) is 5.70. The fourth-order valence-corrected chi connectivity index (χ4v) is 1.57. The summed E-state index contributed by atoms with van der Waals surface area (Å²) in [6, 6.07) is 6.10. The van der Waals surface area contributed by atoms with Crippen LogP contribution >= 0.6 is 0 Å². The second-order valence-corrected chi connectivity index (χ2v) is 4.03. The largest absolute Gasteiger partial charge is 0.433 e. The normalized spacial score (nSPS) is 10.5. The Kier molecular flexibility index (Phi) is 5.18. The highest BCUT2D eigenvalue weighted by Gasteiger charge is 2.29. The van der Waals surface area contributed by atoms with E-state index >= 15 is 0 Å². The highest BCUT2D eigenvalue weighted by atomic mass is 19.4. The minimum Gasteiger partial charge on any atom is -0.360 e. The molecule has 0 unspecified atom stereocenters. The summed E-state index contributed by atoms with van der Waals surface area (Å²) in [7, 11) is 0. The lowest BCUT2D eigenvalue weighted by molar-refractivity contribution is -0.137. The van der Waals surface area contributed by atoms with Crippen molar-refractivity contribution >= 4 is 11.5 Å². The summed E-state index contributed by atoms with van der Waals surface area (Å²) in [6.45, 7) is 0. The molecule has 0 amide bonds. The van der Waals surface area contributed by atoms with E-state index in [1.165, 1.54) is 18.2 Å². The molecule has 0 saturated heterocycles. The molecule has 0 heterocycles. The van der Waals surface area contributed by atoms with Crippen LogP contribution in [0.1, 0.15) is 24.0 Å². The smallest absolute Gasteiger partial charge is 0.360 e. The lowest BCUT2D eigenvalue weighted by Gasteiger charge is -2.07. The molecule has 0 fully saturated rings. The molecule has 0 aliphatic heterocycles. The first kappa shape index (κ1) is 15.6. The van der Waals surface area contributed by atoms with Gasteiger partial charge in [-0.25, -0.2) is 0 Å². The van der Waals surface area contributed by atoms with E-state index in [1.807, 2.05) is 0 Å². The van der Waals surface area contributed by atoms with Gasteiger partial charge < -0.3 is 5.53 Å². The third kappa shape index (κ3) is 4.34. The number of carbonyl (C=O) groups is 1. The number of rotatable bonds is 5. The summed E-state index contributed by atoms with van der Waals surface area (Å²) in [5.41, 5.74) is 7.72. The van der Waals surface area contributed by atoms with Crippen molar-refractivity contribution in [1.82, 2.24) is 0 Å². The molecule has 0 aromatic heterocycles. The Balaban J connectivity index is 2.54. The van der Waals surface area contributed by atoms with Gasteiger partial charge in [-0.1, -0.05) is 12.1 Å². The van der Waals surface area contributed by atoms with E-state index < -0.39 is 23.2 Å². The number of nitriles is 1. The molecule has 104 valence electrons. The second kappa shape index (κ2) is 6.64. The van der Waals surface area contributed by atoms with Crippen LogP contribution in [-0.2, 0) is 17.4 Å². The Labute approximate surface area is 113 Å². The summed E-state index contributed by atoms with van der Waals surface area (Å²) >= 11 is 0. The number of nitrogens with zero attached hydrogens (tertiary/aromatic N) is 3. The molecule has 0 spiro atoms. The van der Waals surface area contributed by atoms with E-state index in [0.717, 1.165) is 12.1 Å². The molecule has 0 aliphatic carbocycles. The van der Waals surface area contributed by atoms with Gasteiger partial charge in [0.2, 0.25) is 0 Å². The van der Waals surface area contributed by atoms with E-state index in [1.54, 1.807) is 0 Å². The third-order valence-corrected chi connectivity index (χ3v) is 2.62. The Hall–Kier alpha value is -2.45. The maximum absolute atomic E-state index is 12.3. The van der Waals surface area contributed by atoms with Gasteiger partial charge in [0, 0.05) is 6.42 Å². The van der Waals surface area contributed by atoms with Gasteiger partial charge in [-0.15, -0.1) is 0 Å². The van der Waals surface area contributed by atoms with Crippen molar-refractivity contribution in [3.05, 3.63) is 40.9 Å². The molecule has 4 nitrogen and oxygen atoms in total. The van der Waals surface area contributed by atoms with Crippen molar-refractivity contribution in [2.24, 2.45) is 0 Å². The zero-order valence-electron chi connectivity index (χ0n) is 10.3. The molecular weight excluding hydrogens is 271 g/mol. The van der Waals surface area contributed by atoms with Gasteiger partial charge in [-0.2, -0.15) is 23.2 Å². The summed E-state index contributed by atoms with van der Waals surface area (Å²) in [6.07, 6.45) is -3.62. The van der Waals surface area contributed by atoms with Crippen LogP contribution in [0.3, 0.4) is 0 Å². The first-order chi connectivity index (χ1) is 9.38. The number of carbonyl (C=O) groups excluding carboxylic acids is 1. The predicted octanol–water partition coefficient (Wildman–Crippen LogP) is 2.79. The molecule has 1 rings (SSSR count). The van der Waals surface area contributed by atoms with Crippen LogP contribution in [0.4, 0.5) is 13.2 Å². The molecule has 0 aliphatic rings. The van der Waals surface area contributed by atoms with Crippen LogP contribution in [0.2, 0.25) is 0 Å². The summed E-state index contributed by atoms with van der Waals surface area (Å²) < 4.78 is 37.0. The molecular formula is C13H10F3N3O. The summed E-state index contributed by atoms with van der Waals surface area (Å²) in [4.78, 5) is 13.9. The average Bonchev–Trinajstić information content (AvgIpc) is 2.39. The van der Waals surface area contributed by atoms with Crippen molar-refractivity contribution in [3.63, 3.8) is 0 Å². The lowest BCUT2D eigenvalue weighted by atomic mass is 10.0. The number of alkyl halides is 3. The number of benzene rings is 1. The lowest BCUT2D eigenvalue weighted by Crippen LogP contribution is -2.12. The third-order valence-electron chi connectivity index (χ3n) is 2.62. The van der Waals surface area contributed by atoms with Crippen molar-refractivity contribution < 1.29 is 22.8 Å². The van der Waals surface area contributed by atoms with Gasteiger partial charge in [0.25, 0.3) is 5.78 Å². The SMILES string of the molecule is N#CC(=[N+]=[N-])C(=O)CCCc1ccc(C(F)(F)F)cc1. The Morgan fingerprint density at radius 2 is 1.90 bits per heavy atom. The predicted molar refractivity (Wildman–Crippen MR) is 63.6 cm³/mol. The Morgan fingerprint density at radius 3 is 2.35 bits per heavy atom. The van der Waals surface area contributed by atoms with Crippen LogP contribution < -0.4 is 0 Å². The standard InChI is InChI=1S/C13H10F3N3O/c14-13(15,16)10-6-4-9(5-7-10)2-1-3-12(20)11(8-17)19-18/h4-7H,1-3H2. The molecule has 20 heavy (non-hydrogen) atoms. The zero-order chi connectivity index (χ0) is 15.2. The van der Waals surface area contributed by atoms with Crippen LogP contribution in [-0.4, -0.2) is 16.3 Å². The summed E-state index contributed by atoms with van der Waals surface area (Å²) in [5.74, 6) is -0.595. The quantitative estimate of drug-likeness (QED) is 0.472. The van der Waals surface area contributed by atoms with Crippen LogP contribution in [0.25, 0.3) is 5.53 Å². The molecule has 7 heteroatoms. The van der Waals surface area contributed by atoms with Crippen LogP contribution in [0.5, 0.6) is 0 Å². The second-order valence-electron chi connectivity index (χ2n) is 4.03. The summed E-state index contributed by atoms with van der Waals surface area (Å²) in [5, 5.41) is 8.45. The van der Waals surface area contributed by atoms with Crippen molar-refractivity contribution in [3.8, 4) is 6.07 Å². The van der Waals surface area contributed by atoms with E-state index in [9.17, 15) is 18.0 Å². The van der Waals surface area contributed by atoms with E-state index in [2.05, 4.69) is 4.79 Å². The van der Waals surface area contributed by atoms with Gasteiger partial charge in [0.1, 0.15) is 0 Å². The van der Waals surface area contributed by atoms with Gasteiger partial charge >= 0.3 is 11.9 Å². The molecule has 1 aromatic carbocycles. The number of ketones is 1. The van der Waals surface area contributed by atoms with Gasteiger partial charge in [0.05, 0.1) is 5.56 Å². The minimum absolute atomic E-state index is 0.00598. The first-order valence-electron chi connectivity index (χ1n) is 5.70. The average molecular weight is 281 g/mol. The van der Waals surface area contributed by atoms with E-state index in [-0.39, 0.29) is 6.42 Å². The molecule has 0 radical (unpaired) electrons.